The van der Waals surface area contributed by atoms with Crippen LogP contribution in [0.25, 0.3) is 0 Å². The molecule has 3 atom stereocenters. The number of fused-ring (bicyclic) bond motifs is 1. The van der Waals surface area contributed by atoms with Crippen LogP contribution in [0.5, 0.6) is 0 Å². The molecule has 0 N–H and O–H groups in total. The van der Waals surface area contributed by atoms with Crippen LogP contribution < -0.4 is 0 Å². The van der Waals surface area contributed by atoms with Gasteiger partial charge < -0.3 is 14.3 Å². The number of hydrogen-bond acceptors (Lipinski definition) is 4. The molecule has 25 heavy (non-hydrogen) atoms. The molecule has 0 spiro atoms. The summed E-state index contributed by atoms with van der Waals surface area (Å²) in [6, 6.07) is 0. The minimum Gasteiger partial charge on any atom is -0.359 e. The molecule has 4 heteroatoms. The lowest BCUT2D eigenvalue weighted by Gasteiger charge is -2.51. The van der Waals surface area contributed by atoms with Crippen LogP contribution in [-0.2, 0) is 19.1 Å². The van der Waals surface area contributed by atoms with E-state index in [0.29, 0.717) is 24.7 Å². The zero-order valence-corrected chi connectivity index (χ0v) is 16.5. The summed E-state index contributed by atoms with van der Waals surface area (Å²) in [6.45, 7) is 8.82. The number of ketones is 1. The lowest BCUT2D eigenvalue weighted by atomic mass is 9.56. The van der Waals surface area contributed by atoms with Gasteiger partial charge in [-0.1, -0.05) is 33.8 Å². The van der Waals surface area contributed by atoms with Gasteiger partial charge in [0, 0.05) is 20.0 Å². The lowest BCUT2D eigenvalue weighted by molar-refractivity contribution is -0.150. The average molecular weight is 350 g/mol. The van der Waals surface area contributed by atoms with Crippen LogP contribution in [0.2, 0.25) is 0 Å². The second kappa shape index (κ2) is 8.13. The first kappa shape index (κ1) is 20.3. The van der Waals surface area contributed by atoms with Crippen LogP contribution >= 0.6 is 0 Å². The minimum atomic E-state index is -0.750. The maximum Gasteiger partial charge on any atom is 0.147 e. The first-order valence-corrected chi connectivity index (χ1v) is 9.54. The molecule has 2 aliphatic carbocycles. The zero-order valence-electron chi connectivity index (χ0n) is 16.5. The van der Waals surface area contributed by atoms with Crippen molar-refractivity contribution in [3.63, 3.8) is 0 Å². The molecule has 2 rings (SSSR count). The molecule has 0 aromatic heterocycles. The number of aldehydes is 1. The van der Waals surface area contributed by atoms with Gasteiger partial charge in [0.25, 0.3) is 0 Å². The Hall–Kier alpha value is -1.00. The fraction of sp³-hybridized carbons (Fsp3) is 0.810. The highest BCUT2D eigenvalue weighted by Crippen LogP contribution is 2.54. The van der Waals surface area contributed by atoms with Gasteiger partial charge in [0.2, 0.25) is 0 Å². The van der Waals surface area contributed by atoms with Crippen LogP contribution in [0.15, 0.2) is 11.6 Å². The average Bonchev–Trinajstić information content (AvgIpc) is 2.52. The number of hydrogen-bond donors (Lipinski definition) is 0. The normalized spacial score (nSPS) is 31.4. The Balaban J connectivity index is 2.33. The van der Waals surface area contributed by atoms with E-state index in [4.69, 9.17) is 9.47 Å². The predicted octanol–water partition coefficient (Wildman–Crippen LogP) is 4.32. The van der Waals surface area contributed by atoms with Crippen molar-refractivity contribution in [1.29, 1.82) is 0 Å². The van der Waals surface area contributed by atoms with E-state index in [1.165, 1.54) is 5.57 Å². The first-order valence-electron chi connectivity index (χ1n) is 9.54. The summed E-state index contributed by atoms with van der Waals surface area (Å²) in [7, 11) is 1.59. The predicted molar refractivity (Wildman–Crippen MR) is 98.1 cm³/mol. The van der Waals surface area contributed by atoms with Gasteiger partial charge in [-0.3, -0.25) is 4.79 Å². The molecule has 0 aromatic carbocycles. The number of Topliss-reactive ketones (excluding diaryl/α,β-unsaturated/α-hetero) is 1. The summed E-state index contributed by atoms with van der Waals surface area (Å²) in [6.07, 6.45) is 7.48. The number of carbonyl (C=O) groups excluding carboxylic acids is 2. The standard InChI is InChI=1S/C21H34O4/c1-15(2)11-16(23)12-21(13-22)10-8-18-17(19(21)25-14-24-5)7-6-9-20(18,3)4/h7,13,15,18-19H,6,8-12,14H2,1-5H3/t18-,19-,21-/m1/s1. The van der Waals surface area contributed by atoms with E-state index in [1.807, 2.05) is 13.8 Å². The van der Waals surface area contributed by atoms with Gasteiger partial charge in [0.15, 0.2) is 0 Å². The van der Waals surface area contributed by atoms with Crippen LogP contribution in [-0.4, -0.2) is 32.1 Å². The highest BCUT2D eigenvalue weighted by Gasteiger charge is 2.52. The molecule has 4 nitrogen and oxygen atoms in total. The van der Waals surface area contributed by atoms with Crippen molar-refractivity contribution in [1.82, 2.24) is 0 Å². The van der Waals surface area contributed by atoms with Crippen molar-refractivity contribution in [2.75, 3.05) is 13.9 Å². The summed E-state index contributed by atoms with van der Waals surface area (Å²) in [5, 5.41) is 0. The Morgan fingerprint density at radius 2 is 2.08 bits per heavy atom. The van der Waals surface area contributed by atoms with Crippen LogP contribution in [0.3, 0.4) is 0 Å². The summed E-state index contributed by atoms with van der Waals surface area (Å²) < 4.78 is 11.2. The summed E-state index contributed by atoms with van der Waals surface area (Å²) >= 11 is 0. The third-order valence-corrected chi connectivity index (χ3v) is 5.99. The quantitative estimate of drug-likeness (QED) is 0.371. The topological polar surface area (TPSA) is 52.6 Å². The Bertz CT molecular complexity index is 520. The summed E-state index contributed by atoms with van der Waals surface area (Å²) in [4.78, 5) is 24.7. The molecule has 0 heterocycles. The molecule has 0 bridgehead atoms. The van der Waals surface area contributed by atoms with Gasteiger partial charge in [-0.15, -0.1) is 0 Å². The molecule has 1 fully saturated rings. The molecule has 0 unspecified atom stereocenters. The van der Waals surface area contributed by atoms with Gasteiger partial charge in [0.1, 0.15) is 18.9 Å². The number of rotatable bonds is 8. The van der Waals surface area contributed by atoms with Gasteiger partial charge in [-0.2, -0.15) is 0 Å². The first-order chi connectivity index (χ1) is 11.8. The van der Waals surface area contributed by atoms with Crippen LogP contribution in [0, 0.1) is 22.7 Å². The molecule has 0 saturated heterocycles. The fourth-order valence-electron chi connectivity index (χ4n) is 4.74. The second-order valence-electron chi connectivity index (χ2n) is 8.94. The molecular weight excluding hydrogens is 316 g/mol. The van der Waals surface area contributed by atoms with E-state index < -0.39 is 5.41 Å². The minimum absolute atomic E-state index is 0.142. The fourth-order valence-corrected chi connectivity index (χ4v) is 4.74. The number of ether oxygens (including phenoxy) is 2. The van der Waals surface area contributed by atoms with E-state index >= 15 is 0 Å². The zero-order chi connectivity index (χ0) is 18.7. The number of allylic oxidation sites excluding steroid dienone is 1. The molecule has 0 radical (unpaired) electrons. The highest BCUT2D eigenvalue weighted by molar-refractivity contribution is 5.83. The Kier molecular flexibility index (Phi) is 6.61. The SMILES string of the molecule is COCO[C@@H]1C2=CCCC(C)(C)[C@@H]2CC[C@]1(C=O)CC(=O)CC(C)C. The van der Waals surface area contributed by atoms with Gasteiger partial charge in [-0.25, -0.2) is 0 Å². The highest BCUT2D eigenvalue weighted by atomic mass is 16.7. The van der Waals surface area contributed by atoms with Crippen molar-refractivity contribution < 1.29 is 19.1 Å². The molecule has 2 aliphatic rings. The molecule has 0 aliphatic heterocycles. The van der Waals surface area contributed by atoms with E-state index in [2.05, 4.69) is 19.9 Å². The van der Waals surface area contributed by atoms with Crippen molar-refractivity contribution in [2.24, 2.45) is 22.7 Å². The van der Waals surface area contributed by atoms with E-state index in [0.717, 1.165) is 25.5 Å². The molecule has 0 amide bonds. The summed E-state index contributed by atoms with van der Waals surface area (Å²) in [5.74, 6) is 0.873. The van der Waals surface area contributed by atoms with E-state index in [9.17, 15) is 9.59 Å². The van der Waals surface area contributed by atoms with Crippen molar-refractivity contribution in [2.45, 2.75) is 72.3 Å². The maximum absolute atomic E-state index is 12.5. The maximum atomic E-state index is 12.5. The van der Waals surface area contributed by atoms with Crippen molar-refractivity contribution >= 4 is 12.1 Å². The lowest BCUT2D eigenvalue weighted by Crippen LogP contribution is -2.50. The Labute approximate surface area is 152 Å². The van der Waals surface area contributed by atoms with Crippen LogP contribution in [0.4, 0.5) is 0 Å². The molecular formula is C21H34O4. The monoisotopic (exact) mass is 350 g/mol. The Morgan fingerprint density at radius 1 is 1.36 bits per heavy atom. The van der Waals surface area contributed by atoms with Crippen LogP contribution in [0.1, 0.15) is 66.2 Å². The van der Waals surface area contributed by atoms with E-state index in [1.54, 1.807) is 7.11 Å². The number of carbonyl (C=O) groups is 2. The number of methoxy groups -OCH3 is 1. The second-order valence-corrected chi connectivity index (χ2v) is 8.94. The third kappa shape index (κ3) is 4.40. The largest absolute Gasteiger partial charge is 0.359 e. The van der Waals surface area contributed by atoms with Crippen molar-refractivity contribution in [3.05, 3.63) is 11.6 Å². The van der Waals surface area contributed by atoms with Crippen molar-refractivity contribution in [3.8, 4) is 0 Å². The van der Waals surface area contributed by atoms with Gasteiger partial charge >= 0.3 is 0 Å². The Morgan fingerprint density at radius 3 is 2.68 bits per heavy atom. The van der Waals surface area contributed by atoms with Gasteiger partial charge in [0.05, 0.1) is 11.5 Å². The smallest absolute Gasteiger partial charge is 0.147 e. The van der Waals surface area contributed by atoms with E-state index in [-0.39, 0.29) is 30.5 Å². The molecule has 142 valence electrons. The third-order valence-electron chi connectivity index (χ3n) is 5.99. The summed E-state index contributed by atoms with van der Waals surface area (Å²) in [5.41, 5.74) is 0.666. The molecule has 1 saturated carbocycles. The van der Waals surface area contributed by atoms with Gasteiger partial charge in [-0.05, 0) is 48.5 Å². The molecule has 0 aromatic rings.